The average Bonchev–Trinajstić information content (AvgIpc) is 3.08. The van der Waals surface area contributed by atoms with Crippen molar-refractivity contribution in [2.45, 2.75) is 47.2 Å². The number of hydrogen-bond acceptors (Lipinski definition) is 2. The lowest BCUT2D eigenvalue weighted by molar-refractivity contribution is -0.135. The van der Waals surface area contributed by atoms with E-state index in [-0.39, 0.29) is 21.7 Å². The molecule has 1 nitrogen and oxygen atoms in total. The summed E-state index contributed by atoms with van der Waals surface area (Å²) in [5.74, 6) is 0. The largest absolute Gasteiger partial charge is 0.418 e. The first-order chi connectivity index (χ1) is 15.3. The molecule has 2 aromatic carbocycles. The summed E-state index contributed by atoms with van der Waals surface area (Å²) in [7, 11) is 0. The van der Waals surface area contributed by atoms with E-state index in [0.29, 0.717) is 16.0 Å². The van der Waals surface area contributed by atoms with Crippen LogP contribution in [0.15, 0.2) is 54.7 Å². The number of aryl methyl sites for hydroxylation is 2. The van der Waals surface area contributed by atoms with E-state index in [1.807, 2.05) is 44.2 Å². The minimum Gasteiger partial charge on any atom is -0.255 e. The van der Waals surface area contributed by atoms with Gasteiger partial charge in [-0.3, -0.25) is 4.98 Å². The molecule has 0 fully saturated rings. The molecule has 0 radical (unpaired) electrons. The molecule has 32 heavy (non-hydrogen) atoms. The Kier molecular flexibility index (Phi) is 5.32. The van der Waals surface area contributed by atoms with Crippen LogP contribution in [-0.2, 0) is 12.6 Å². The number of hydrogen-bond donors (Lipinski definition) is 0. The van der Waals surface area contributed by atoms with E-state index in [1.54, 1.807) is 12.1 Å². The Morgan fingerprint density at radius 2 is 1.56 bits per heavy atom. The van der Waals surface area contributed by atoms with Gasteiger partial charge in [-0.05, 0) is 55.0 Å². The van der Waals surface area contributed by atoms with Crippen LogP contribution in [0.1, 0.15) is 44.4 Å². The molecule has 4 rings (SSSR count). The van der Waals surface area contributed by atoms with E-state index in [9.17, 15) is 13.2 Å². The third kappa shape index (κ3) is 4.58. The minimum atomic E-state index is -4.59. The first-order valence-electron chi connectivity index (χ1n) is 11.0. The van der Waals surface area contributed by atoms with Gasteiger partial charge in [0.05, 0.1) is 17.3 Å². The molecule has 166 valence electrons. The van der Waals surface area contributed by atoms with E-state index in [4.69, 9.17) is 1.37 Å². The third-order valence-corrected chi connectivity index (χ3v) is 6.50. The van der Waals surface area contributed by atoms with Crippen molar-refractivity contribution >= 4 is 21.4 Å². The summed E-state index contributed by atoms with van der Waals surface area (Å²) in [6.45, 7) is 10.3. The summed E-state index contributed by atoms with van der Waals surface area (Å²) >= 11 is 1.07. The summed E-state index contributed by atoms with van der Waals surface area (Å²) in [4.78, 5) is 4.53. The van der Waals surface area contributed by atoms with Gasteiger partial charge in [0.15, 0.2) is 0 Å². The molecule has 0 saturated heterocycles. The number of alkyl halides is 3. The Morgan fingerprint density at radius 1 is 0.938 bits per heavy atom. The van der Waals surface area contributed by atoms with Gasteiger partial charge in [0.25, 0.3) is 0 Å². The monoisotopic (exact) mass is 454 g/mol. The van der Waals surface area contributed by atoms with Crippen LogP contribution in [0.4, 0.5) is 13.2 Å². The quantitative estimate of drug-likeness (QED) is 0.301. The number of nitrogens with zero attached hydrogens (tertiary/aromatic N) is 1. The van der Waals surface area contributed by atoms with Crippen molar-refractivity contribution in [2.75, 3.05) is 0 Å². The summed E-state index contributed by atoms with van der Waals surface area (Å²) < 4.78 is 51.7. The van der Waals surface area contributed by atoms with Gasteiger partial charge in [0, 0.05) is 22.0 Å². The van der Waals surface area contributed by atoms with Gasteiger partial charge in [-0.1, -0.05) is 62.2 Å². The summed E-state index contributed by atoms with van der Waals surface area (Å²) in [5.41, 5.74) is 4.20. The van der Waals surface area contributed by atoms with E-state index < -0.39 is 11.7 Å². The number of pyridine rings is 1. The zero-order valence-corrected chi connectivity index (χ0v) is 19.6. The van der Waals surface area contributed by atoms with Gasteiger partial charge >= 0.3 is 6.18 Å². The molecule has 0 unspecified atom stereocenters. The van der Waals surface area contributed by atoms with Crippen molar-refractivity contribution in [3.8, 4) is 21.7 Å². The summed E-state index contributed by atoms with van der Waals surface area (Å²) in [5, 5.41) is -0.0783. The predicted octanol–water partition coefficient (Wildman–Crippen LogP) is 8.85. The maximum absolute atomic E-state index is 14.3. The van der Waals surface area contributed by atoms with Crippen LogP contribution in [-0.4, -0.2) is 4.98 Å². The highest BCUT2D eigenvalue weighted by Gasteiger charge is 2.38. The molecular weight excluding hydrogens is 427 g/mol. The number of thiophene rings is 1. The van der Waals surface area contributed by atoms with E-state index in [0.717, 1.165) is 40.0 Å². The second-order valence-corrected chi connectivity index (χ2v) is 10.6. The molecule has 5 heteroatoms. The molecule has 4 aromatic rings. The SMILES string of the molecule is [2H]c1cnc(-c2cc(C)cc(C)c2)c2sc(-c3ccc(CC(C)(C)C)cc3)c(C(F)(F)F)c12. The van der Waals surface area contributed by atoms with Crippen molar-refractivity contribution in [2.24, 2.45) is 5.41 Å². The molecule has 2 heterocycles. The second-order valence-electron chi connectivity index (χ2n) is 9.57. The van der Waals surface area contributed by atoms with Crippen LogP contribution >= 0.6 is 11.3 Å². The lowest BCUT2D eigenvalue weighted by Crippen LogP contribution is -2.09. The highest BCUT2D eigenvalue weighted by atomic mass is 32.1. The zero-order valence-electron chi connectivity index (χ0n) is 19.8. The molecular formula is C27H26F3NS. The highest BCUT2D eigenvalue weighted by Crippen LogP contribution is 2.49. The molecule has 0 aliphatic heterocycles. The summed E-state index contributed by atoms with van der Waals surface area (Å²) in [6.07, 6.45) is -2.52. The van der Waals surface area contributed by atoms with Crippen LogP contribution < -0.4 is 0 Å². The lowest BCUT2D eigenvalue weighted by atomic mass is 9.88. The van der Waals surface area contributed by atoms with E-state index >= 15 is 0 Å². The highest BCUT2D eigenvalue weighted by molar-refractivity contribution is 7.23. The normalized spacial score (nSPS) is 12.9. The van der Waals surface area contributed by atoms with Crippen molar-refractivity contribution in [1.82, 2.24) is 4.98 Å². The van der Waals surface area contributed by atoms with Gasteiger partial charge in [-0.2, -0.15) is 13.2 Å². The average molecular weight is 455 g/mol. The van der Waals surface area contributed by atoms with Crippen LogP contribution in [0.3, 0.4) is 0 Å². The molecule has 0 aliphatic rings. The maximum atomic E-state index is 14.3. The maximum Gasteiger partial charge on any atom is 0.418 e. The molecule has 0 spiro atoms. The summed E-state index contributed by atoms with van der Waals surface area (Å²) in [6, 6.07) is 13.0. The fraction of sp³-hybridized carbons (Fsp3) is 0.296. The molecule has 0 N–H and O–H groups in total. The first kappa shape index (κ1) is 21.2. The van der Waals surface area contributed by atoms with Crippen LogP contribution in [0.5, 0.6) is 0 Å². The molecule has 2 aromatic heterocycles. The fourth-order valence-electron chi connectivity index (χ4n) is 4.13. The van der Waals surface area contributed by atoms with Gasteiger partial charge in [-0.25, -0.2) is 0 Å². The topological polar surface area (TPSA) is 12.9 Å². The molecule has 0 saturated carbocycles. The Morgan fingerprint density at radius 3 is 2.12 bits per heavy atom. The number of fused-ring (bicyclic) bond motifs is 1. The fourth-order valence-corrected chi connectivity index (χ4v) is 5.44. The standard InChI is InChI=1S/C27H26F3NS/c1-16-12-17(2)14-20(13-16)23-25-21(10-11-31-23)22(27(28,29)30)24(32-25)19-8-6-18(7-9-19)15-26(3,4)5/h6-14H,15H2,1-5H3/i10D. The Balaban J connectivity index is 1.96. The predicted molar refractivity (Wildman–Crippen MR) is 128 cm³/mol. The smallest absolute Gasteiger partial charge is 0.255 e. The Labute approximate surface area is 192 Å². The van der Waals surface area contributed by atoms with Gasteiger partial charge in [0.2, 0.25) is 0 Å². The van der Waals surface area contributed by atoms with Crippen LogP contribution in [0.25, 0.3) is 31.8 Å². The third-order valence-electron chi connectivity index (χ3n) is 5.26. The van der Waals surface area contributed by atoms with Gasteiger partial charge in [-0.15, -0.1) is 11.3 Å². The van der Waals surface area contributed by atoms with E-state index in [2.05, 4.69) is 25.8 Å². The first-order valence-corrected chi connectivity index (χ1v) is 11.3. The molecule has 0 aliphatic carbocycles. The molecule has 0 atom stereocenters. The Hall–Kier alpha value is -2.66. The number of rotatable bonds is 3. The van der Waals surface area contributed by atoms with Gasteiger partial charge in [0.1, 0.15) is 0 Å². The lowest BCUT2D eigenvalue weighted by Gasteiger charge is -2.18. The Bertz CT molecular complexity index is 1310. The van der Waals surface area contributed by atoms with E-state index in [1.165, 1.54) is 6.20 Å². The van der Waals surface area contributed by atoms with Crippen molar-refractivity contribution in [3.05, 3.63) is 77.0 Å². The van der Waals surface area contributed by atoms with Gasteiger partial charge < -0.3 is 0 Å². The molecule has 0 bridgehead atoms. The molecule has 0 amide bonds. The van der Waals surface area contributed by atoms with Crippen molar-refractivity contribution in [3.63, 3.8) is 0 Å². The minimum absolute atomic E-state index is 0.0783. The number of halogens is 3. The van der Waals surface area contributed by atoms with Crippen molar-refractivity contribution in [1.29, 1.82) is 0 Å². The zero-order chi connectivity index (χ0) is 24.1. The second kappa shape index (κ2) is 8.04. The number of aromatic nitrogens is 1. The van der Waals surface area contributed by atoms with Crippen LogP contribution in [0, 0.1) is 19.3 Å². The van der Waals surface area contributed by atoms with Crippen LogP contribution in [0.2, 0.25) is 0 Å². The number of benzene rings is 2. The van der Waals surface area contributed by atoms with Crippen molar-refractivity contribution < 1.29 is 14.5 Å².